The Morgan fingerprint density at radius 2 is 1.23 bits per heavy atom. The molecule has 0 aromatic carbocycles. The predicted octanol–water partition coefficient (Wildman–Crippen LogP) is 4.81. The lowest BCUT2D eigenvalue weighted by Gasteiger charge is -2.28. The fourth-order valence-electron chi connectivity index (χ4n) is 3.99. The maximum atomic E-state index is 11.1. The lowest BCUT2D eigenvalue weighted by molar-refractivity contribution is 0.111. The van der Waals surface area contributed by atoms with Crippen LogP contribution in [0.15, 0.2) is 0 Å². The number of halogens is 3. The molecule has 4 heterocycles. The number of rotatable bonds is 9. The first-order chi connectivity index (χ1) is 17.0. The summed E-state index contributed by atoms with van der Waals surface area (Å²) < 4.78 is 14.6. The number of unbranched alkanes of at least 4 members (excludes halogenated alkanes) is 2. The van der Waals surface area contributed by atoms with Crippen molar-refractivity contribution in [2.24, 2.45) is 0 Å². The summed E-state index contributed by atoms with van der Waals surface area (Å²) in [7, 11) is 0. The van der Waals surface area contributed by atoms with Crippen LogP contribution in [0, 0.1) is 0 Å². The third-order valence-electron chi connectivity index (χ3n) is 5.96. The van der Waals surface area contributed by atoms with E-state index < -0.39 is 0 Å². The molecule has 0 bridgehead atoms. The van der Waals surface area contributed by atoms with E-state index in [9.17, 15) is 4.79 Å². The van der Waals surface area contributed by atoms with Crippen LogP contribution in [0.2, 0.25) is 15.5 Å². The van der Waals surface area contributed by atoms with Gasteiger partial charge in [-0.2, -0.15) is 4.98 Å². The molecule has 2 saturated heterocycles. The predicted molar refractivity (Wildman–Crippen MR) is 141 cm³/mol. The Balaban J connectivity index is 0.000000196. The lowest BCUT2D eigenvalue weighted by Crippen LogP contribution is -2.38. The molecule has 0 aliphatic carbocycles. The van der Waals surface area contributed by atoms with Gasteiger partial charge < -0.3 is 23.8 Å². The highest BCUT2D eigenvalue weighted by atomic mass is 35.5. The number of ether oxygens (including phenoxy) is 2. The van der Waals surface area contributed by atoms with Crippen molar-refractivity contribution in [3.63, 3.8) is 0 Å². The van der Waals surface area contributed by atoms with E-state index in [2.05, 4.69) is 33.6 Å². The summed E-state index contributed by atoms with van der Waals surface area (Å²) in [6, 6.07) is 0. The SMILES string of the molecule is CCCCn1c(N2CCOCC2)nc(Cl)c1C=O.CCCCn1c(N2CCOCC2)nc(Cl)c1Cl. The molecule has 0 radical (unpaired) electrons. The Morgan fingerprint density at radius 3 is 1.71 bits per heavy atom. The van der Waals surface area contributed by atoms with Gasteiger partial charge in [-0.1, -0.05) is 61.5 Å². The Bertz CT molecular complexity index is 940. The maximum Gasteiger partial charge on any atom is 0.208 e. The molecular formula is C23H35Cl3N6O3. The van der Waals surface area contributed by atoms with Gasteiger partial charge in [0.05, 0.1) is 26.4 Å². The first-order valence-electron chi connectivity index (χ1n) is 12.3. The summed E-state index contributed by atoms with van der Waals surface area (Å²) in [4.78, 5) is 24.1. The zero-order chi connectivity index (χ0) is 25.2. The fourth-order valence-corrected chi connectivity index (χ4v) is 4.59. The molecule has 2 aromatic rings. The molecule has 0 spiro atoms. The molecule has 12 heteroatoms. The Labute approximate surface area is 222 Å². The Hall–Kier alpha value is -1.52. The van der Waals surface area contributed by atoms with Crippen molar-refractivity contribution in [2.45, 2.75) is 52.6 Å². The zero-order valence-corrected chi connectivity index (χ0v) is 22.8. The maximum absolute atomic E-state index is 11.1. The minimum Gasteiger partial charge on any atom is -0.378 e. The van der Waals surface area contributed by atoms with Crippen molar-refractivity contribution < 1.29 is 14.3 Å². The summed E-state index contributed by atoms with van der Waals surface area (Å²) in [5.74, 6) is 1.66. The van der Waals surface area contributed by atoms with Crippen LogP contribution >= 0.6 is 34.8 Å². The third-order valence-corrected chi connectivity index (χ3v) is 6.98. The minimum atomic E-state index is 0.294. The number of nitrogens with zero attached hydrogens (tertiary/aromatic N) is 6. The average molecular weight is 550 g/mol. The number of hydrogen-bond donors (Lipinski definition) is 0. The van der Waals surface area contributed by atoms with Crippen LogP contribution in [-0.2, 0) is 22.6 Å². The van der Waals surface area contributed by atoms with Gasteiger partial charge in [-0.05, 0) is 12.8 Å². The van der Waals surface area contributed by atoms with Crippen molar-refractivity contribution in [3.05, 3.63) is 21.2 Å². The van der Waals surface area contributed by atoms with Crippen LogP contribution in [0.1, 0.15) is 50.0 Å². The molecule has 2 aromatic heterocycles. The van der Waals surface area contributed by atoms with Crippen LogP contribution in [0.4, 0.5) is 11.9 Å². The van der Waals surface area contributed by atoms with Crippen molar-refractivity contribution in [1.82, 2.24) is 19.1 Å². The fraction of sp³-hybridized carbons (Fsp3) is 0.696. The molecule has 0 atom stereocenters. The number of imidazole rings is 2. The van der Waals surface area contributed by atoms with Gasteiger partial charge in [-0.25, -0.2) is 4.98 Å². The minimum absolute atomic E-state index is 0.294. The number of carbonyl (C=O) groups is 1. The van der Waals surface area contributed by atoms with E-state index in [1.807, 2.05) is 9.13 Å². The number of aromatic nitrogens is 4. The molecule has 0 saturated carbocycles. The van der Waals surface area contributed by atoms with Crippen LogP contribution in [0.25, 0.3) is 0 Å². The molecule has 9 nitrogen and oxygen atoms in total. The summed E-state index contributed by atoms with van der Waals surface area (Å²) in [5, 5.41) is 1.23. The standard InChI is InChI=1S/C12H18ClN3O2.C11H17Cl2N3O/c1-2-3-4-16-10(9-17)11(13)14-12(16)15-5-7-18-8-6-15;1-2-3-4-16-10(13)9(12)14-11(16)15-5-7-17-8-6-15/h9H,2-8H2,1H3;2-8H2,1H3. The van der Waals surface area contributed by atoms with Crippen molar-refractivity contribution in [2.75, 3.05) is 62.4 Å². The van der Waals surface area contributed by atoms with Crippen molar-refractivity contribution >= 4 is 53.0 Å². The molecule has 2 aliphatic rings. The largest absolute Gasteiger partial charge is 0.378 e. The highest BCUT2D eigenvalue weighted by Crippen LogP contribution is 2.29. The smallest absolute Gasteiger partial charge is 0.208 e. The quantitative estimate of drug-likeness (QED) is 0.415. The molecule has 0 N–H and O–H groups in total. The second-order valence-corrected chi connectivity index (χ2v) is 9.48. The van der Waals surface area contributed by atoms with Gasteiger partial charge in [-0.15, -0.1) is 0 Å². The van der Waals surface area contributed by atoms with Gasteiger partial charge in [0, 0.05) is 39.3 Å². The molecule has 0 unspecified atom stereocenters. The summed E-state index contributed by atoms with van der Waals surface area (Å²) in [6.07, 6.45) is 5.05. The summed E-state index contributed by atoms with van der Waals surface area (Å²) in [5.41, 5.74) is 0.478. The number of aldehydes is 1. The summed E-state index contributed by atoms with van der Waals surface area (Å²) >= 11 is 18.2. The van der Waals surface area contributed by atoms with Gasteiger partial charge in [0.15, 0.2) is 16.6 Å². The van der Waals surface area contributed by atoms with E-state index in [1.165, 1.54) is 0 Å². The molecule has 196 valence electrons. The van der Waals surface area contributed by atoms with E-state index in [1.54, 1.807) is 0 Å². The Morgan fingerprint density at radius 1 is 0.771 bits per heavy atom. The van der Waals surface area contributed by atoms with E-state index in [4.69, 9.17) is 44.3 Å². The van der Waals surface area contributed by atoms with Crippen LogP contribution < -0.4 is 9.80 Å². The zero-order valence-electron chi connectivity index (χ0n) is 20.5. The monoisotopic (exact) mass is 548 g/mol. The third kappa shape index (κ3) is 7.26. The summed E-state index contributed by atoms with van der Waals surface area (Å²) in [6.45, 7) is 12.0. The first-order valence-corrected chi connectivity index (χ1v) is 13.4. The Kier molecular flexibility index (Phi) is 11.4. The van der Waals surface area contributed by atoms with Crippen LogP contribution in [-0.4, -0.2) is 78.0 Å². The normalized spacial score (nSPS) is 16.3. The molecule has 2 aliphatic heterocycles. The molecule has 2 fully saturated rings. The second-order valence-electron chi connectivity index (χ2n) is 8.41. The van der Waals surface area contributed by atoms with E-state index in [0.717, 1.165) is 96.3 Å². The van der Waals surface area contributed by atoms with Crippen LogP contribution in [0.3, 0.4) is 0 Å². The van der Waals surface area contributed by atoms with Crippen LogP contribution in [0.5, 0.6) is 0 Å². The van der Waals surface area contributed by atoms with Gasteiger partial charge in [0.1, 0.15) is 10.8 Å². The molecule has 4 rings (SSSR count). The van der Waals surface area contributed by atoms with Gasteiger partial charge >= 0.3 is 0 Å². The molecular weight excluding hydrogens is 515 g/mol. The molecule has 35 heavy (non-hydrogen) atoms. The van der Waals surface area contributed by atoms with Gasteiger partial charge in [-0.3, -0.25) is 9.36 Å². The lowest BCUT2D eigenvalue weighted by atomic mass is 10.3. The van der Waals surface area contributed by atoms with Gasteiger partial charge in [0.25, 0.3) is 0 Å². The number of carbonyl (C=O) groups excluding carboxylic acids is 1. The van der Waals surface area contributed by atoms with E-state index in [-0.39, 0.29) is 0 Å². The van der Waals surface area contributed by atoms with E-state index >= 15 is 0 Å². The van der Waals surface area contributed by atoms with Crippen molar-refractivity contribution in [3.8, 4) is 0 Å². The highest BCUT2D eigenvalue weighted by molar-refractivity contribution is 6.40. The number of anilines is 2. The number of morpholine rings is 2. The van der Waals surface area contributed by atoms with Crippen molar-refractivity contribution in [1.29, 1.82) is 0 Å². The first kappa shape index (κ1) is 28.1. The highest BCUT2D eigenvalue weighted by Gasteiger charge is 2.22. The molecule has 0 amide bonds. The van der Waals surface area contributed by atoms with E-state index in [0.29, 0.717) is 34.4 Å². The average Bonchev–Trinajstić information content (AvgIpc) is 3.37. The van der Waals surface area contributed by atoms with Gasteiger partial charge in [0.2, 0.25) is 11.9 Å². The topological polar surface area (TPSA) is 77.7 Å². The number of hydrogen-bond acceptors (Lipinski definition) is 7. The second kappa shape index (κ2) is 14.3.